The van der Waals surface area contributed by atoms with Crippen LogP contribution in [0.5, 0.6) is 5.75 Å². The Bertz CT molecular complexity index is 456. The second-order valence-corrected chi connectivity index (χ2v) is 5.56. The number of methoxy groups -OCH3 is 1. The summed E-state index contributed by atoms with van der Waals surface area (Å²) in [6.07, 6.45) is 7.22. The number of aryl methyl sites for hydroxylation is 1. The van der Waals surface area contributed by atoms with E-state index >= 15 is 0 Å². The average Bonchev–Trinajstić information content (AvgIpc) is 2.44. The normalized spacial score (nSPS) is 21.7. The fraction of sp³-hybridized carbons (Fsp3) is 0.562. The van der Waals surface area contributed by atoms with Crippen molar-refractivity contribution in [2.45, 2.75) is 50.4 Å². The number of rotatable bonds is 1. The molecule has 18 heavy (non-hydrogen) atoms. The zero-order valence-electron chi connectivity index (χ0n) is 11.0. The van der Waals surface area contributed by atoms with Crippen LogP contribution in [0, 0.1) is 0 Å². The van der Waals surface area contributed by atoms with Crippen LogP contribution in [0.25, 0.3) is 0 Å². The minimum atomic E-state index is -0.224. The summed E-state index contributed by atoms with van der Waals surface area (Å²) in [6, 6.07) is 6.22. The van der Waals surface area contributed by atoms with Crippen molar-refractivity contribution in [3.05, 3.63) is 29.3 Å². The van der Waals surface area contributed by atoms with Crippen LogP contribution in [0.3, 0.4) is 0 Å². The predicted molar refractivity (Wildman–Crippen MR) is 71.1 cm³/mol. The quantitative estimate of drug-likeness (QED) is 0.756. The molecule has 0 atom stereocenters. The van der Waals surface area contributed by atoms with Crippen molar-refractivity contribution in [1.29, 1.82) is 0 Å². The summed E-state index contributed by atoms with van der Waals surface area (Å²) in [5.74, 6) is 1.36. The molecule has 2 nitrogen and oxygen atoms in total. The van der Waals surface area contributed by atoms with Crippen molar-refractivity contribution >= 4 is 5.78 Å². The summed E-state index contributed by atoms with van der Waals surface area (Å²) in [5.41, 5.74) is 2.32. The number of ketones is 1. The molecule has 0 amide bonds. The van der Waals surface area contributed by atoms with Gasteiger partial charge in [-0.3, -0.25) is 4.79 Å². The van der Waals surface area contributed by atoms with E-state index in [9.17, 15) is 4.79 Å². The first-order valence-corrected chi connectivity index (χ1v) is 6.97. The van der Waals surface area contributed by atoms with Crippen molar-refractivity contribution in [2.75, 3.05) is 7.11 Å². The van der Waals surface area contributed by atoms with Crippen LogP contribution in [0.15, 0.2) is 18.2 Å². The van der Waals surface area contributed by atoms with E-state index in [0.29, 0.717) is 12.2 Å². The molecule has 0 aromatic heterocycles. The average molecular weight is 244 g/mol. The monoisotopic (exact) mass is 244 g/mol. The number of Topliss-reactive ketones (excluding diaryl/α,β-unsaturated/α-hetero) is 1. The van der Waals surface area contributed by atoms with Gasteiger partial charge in [0.05, 0.1) is 12.5 Å². The number of carbonyl (C=O) groups is 1. The van der Waals surface area contributed by atoms with Gasteiger partial charge in [-0.2, -0.15) is 0 Å². The topological polar surface area (TPSA) is 26.3 Å². The van der Waals surface area contributed by atoms with Crippen molar-refractivity contribution in [3.63, 3.8) is 0 Å². The molecule has 0 bridgehead atoms. The van der Waals surface area contributed by atoms with Crippen molar-refractivity contribution < 1.29 is 9.53 Å². The van der Waals surface area contributed by atoms with E-state index in [0.717, 1.165) is 25.0 Å². The van der Waals surface area contributed by atoms with E-state index in [1.54, 1.807) is 7.11 Å². The maximum absolute atomic E-state index is 12.5. The molecule has 0 aliphatic heterocycles. The van der Waals surface area contributed by atoms with Crippen molar-refractivity contribution in [2.24, 2.45) is 0 Å². The fourth-order valence-corrected chi connectivity index (χ4v) is 3.81. The predicted octanol–water partition coefficient (Wildman–Crippen LogP) is 3.41. The van der Waals surface area contributed by atoms with Gasteiger partial charge in [0.1, 0.15) is 11.5 Å². The molecule has 0 N–H and O–H groups in total. The summed E-state index contributed by atoms with van der Waals surface area (Å²) < 4.78 is 5.54. The third-order valence-electron chi connectivity index (χ3n) is 4.67. The summed E-state index contributed by atoms with van der Waals surface area (Å²) in [6.45, 7) is 0. The lowest BCUT2D eigenvalue weighted by Gasteiger charge is -2.41. The van der Waals surface area contributed by atoms with Gasteiger partial charge in [-0.1, -0.05) is 31.4 Å². The van der Waals surface area contributed by atoms with Gasteiger partial charge in [-0.15, -0.1) is 0 Å². The maximum Gasteiger partial charge on any atom is 0.143 e. The van der Waals surface area contributed by atoms with Gasteiger partial charge in [0, 0.05) is 12.0 Å². The highest BCUT2D eigenvalue weighted by Gasteiger charge is 2.45. The van der Waals surface area contributed by atoms with Crippen LogP contribution in [0.1, 0.15) is 49.7 Å². The Labute approximate surface area is 108 Å². The zero-order valence-corrected chi connectivity index (χ0v) is 11.0. The number of carbonyl (C=O) groups excluding carboxylic acids is 1. The van der Waals surface area contributed by atoms with Gasteiger partial charge in [-0.05, 0) is 30.9 Å². The van der Waals surface area contributed by atoms with E-state index < -0.39 is 0 Å². The first-order chi connectivity index (χ1) is 8.78. The van der Waals surface area contributed by atoms with E-state index in [2.05, 4.69) is 6.07 Å². The number of benzene rings is 1. The smallest absolute Gasteiger partial charge is 0.143 e. The van der Waals surface area contributed by atoms with E-state index in [1.165, 1.54) is 30.4 Å². The van der Waals surface area contributed by atoms with Crippen LogP contribution < -0.4 is 4.74 Å². The molecule has 0 saturated heterocycles. The van der Waals surface area contributed by atoms with E-state index in [4.69, 9.17) is 4.74 Å². The van der Waals surface area contributed by atoms with Crippen molar-refractivity contribution in [3.8, 4) is 5.75 Å². The molecule has 2 aliphatic carbocycles. The minimum absolute atomic E-state index is 0.224. The second kappa shape index (κ2) is 4.42. The summed E-state index contributed by atoms with van der Waals surface area (Å²) in [4.78, 5) is 12.5. The molecule has 2 heteroatoms. The highest BCUT2D eigenvalue weighted by Crippen LogP contribution is 2.48. The molecule has 1 spiro atoms. The van der Waals surface area contributed by atoms with Crippen LogP contribution >= 0.6 is 0 Å². The first-order valence-electron chi connectivity index (χ1n) is 6.97. The van der Waals surface area contributed by atoms with Crippen LogP contribution in [-0.4, -0.2) is 12.9 Å². The Hall–Kier alpha value is -1.31. The molecule has 2 aliphatic rings. The molecule has 1 saturated carbocycles. The van der Waals surface area contributed by atoms with Crippen LogP contribution in [0.4, 0.5) is 0 Å². The van der Waals surface area contributed by atoms with Crippen LogP contribution in [0.2, 0.25) is 0 Å². The Kier molecular flexibility index (Phi) is 2.89. The molecule has 1 fully saturated rings. The molecule has 1 aromatic rings. The zero-order chi connectivity index (χ0) is 12.6. The third-order valence-corrected chi connectivity index (χ3v) is 4.67. The Morgan fingerprint density at radius 3 is 2.61 bits per heavy atom. The van der Waals surface area contributed by atoms with E-state index in [1.807, 2.05) is 12.1 Å². The SMILES string of the molecule is COc1cccc2c1C1(CCCCC1)C(=O)CC2. The lowest BCUT2D eigenvalue weighted by molar-refractivity contribution is -0.126. The maximum atomic E-state index is 12.5. The largest absolute Gasteiger partial charge is 0.496 e. The van der Waals surface area contributed by atoms with Gasteiger partial charge in [-0.25, -0.2) is 0 Å². The van der Waals surface area contributed by atoms with Gasteiger partial charge in [0.25, 0.3) is 0 Å². The molecule has 1 aromatic carbocycles. The summed E-state index contributed by atoms with van der Waals surface area (Å²) in [7, 11) is 1.71. The van der Waals surface area contributed by atoms with Gasteiger partial charge >= 0.3 is 0 Å². The van der Waals surface area contributed by atoms with Gasteiger partial charge in [0.15, 0.2) is 0 Å². The molecule has 96 valence electrons. The fourth-order valence-electron chi connectivity index (χ4n) is 3.81. The molecular weight excluding hydrogens is 224 g/mol. The Balaban J connectivity index is 2.18. The Morgan fingerprint density at radius 1 is 1.11 bits per heavy atom. The molecule has 0 radical (unpaired) electrons. The number of fused-ring (bicyclic) bond motifs is 2. The number of hydrogen-bond acceptors (Lipinski definition) is 2. The standard InChI is InChI=1S/C16H20O2/c1-18-13-7-5-6-12-8-9-14(17)16(15(12)13)10-3-2-4-11-16/h5-7H,2-4,8-11H2,1H3. The van der Waals surface area contributed by atoms with Gasteiger partial charge < -0.3 is 4.74 Å². The molecule has 0 heterocycles. The lowest BCUT2D eigenvalue weighted by atomic mass is 9.61. The summed E-state index contributed by atoms with van der Waals surface area (Å²) >= 11 is 0. The highest BCUT2D eigenvalue weighted by atomic mass is 16.5. The molecular formula is C16H20O2. The Morgan fingerprint density at radius 2 is 1.89 bits per heavy atom. The lowest BCUT2D eigenvalue weighted by Crippen LogP contribution is -2.42. The number of ether oxygens (including phenoxy) is 1. The second-order valence-electron chi connectivity index (χ2n) is 5.56. The highest BCUT2D eigenvalue weighted by molar-refractivity contribution is 5.93. The van der Waals surface area contributed by atoms with Gasteiger partial charge in [0.2, 0.25) is 0 Å². The first kappa shape index (κ1) is 11.8. The number of hydrogen-bond donors (Lipinski definition) is 0. The minimum Gasteiger partial charge on any atom is -0.496 e. The van der Waals surface area contributed by atoms with E-state index in [-0.39, 0.29) is 5.41 Å². The molecule has 0 unspecified atom stereocenters. The molecule has 3 rings (SSSR count). The van der Waals surface area contributed by atoms with Crippen molar-refractivity contribution in [1.82, 2.24) is 0 Å². The third kappa shape index (κ3) is 1.58. The van der Waals surface area contributed by atoms with Crippen LogP contribution in [-0.2, 0) is 16.6 Å². The summed E-state index contributed by atoms with van der Waals surface area (Å²) in [5, 5.41) is 0.